The van der Waals surface area contributed by atoms with Gasteiger partial charge in [-0.1, -0.05) is 6.42 Å². The van der Waals surface area contributed by atoms with Gasteiger partial charge in [0.05, 0.1) is 5.56 Å². The molecule has 2 aromatic rings. The Morgan fingerprint density at radius 2 is 2.05 bits per heavy atom. The fourth-order valence-corrected chi connectivity index (χ4v) is 2.50. The van der Waals surface area contributed by atoms with E-state index in [9.17, 15) is 13.2 Å². The van der Waals surface area contributed by atoms with Gasteiger partial charge in [-0.05, 0) is 31.5 Å². The van der Waals surface area contributed by atoms with Gasteiger partial charge in [0.1, 0.15) is 5.65 Å². The third-order valence-corrected chi connectivity index (χ3v) is 3.50. The molecule has 3 rings (SSSR count). The molecule has 1 saturated heterocycles. The Hall–Kier alpha value is -1.56. The zero-order valence-corrected chi connectivity index (χ0v) is 10.2. The molecule has 0 aromatic carbocycles. The van der Waals surface area contributed by atoms with Gasteiger partial charge < -0.3 is 10.3 Å². The van der Waals surface area contributed by atoms with Crippen molar-refractivity contribution >= 4 is 11.0 Å². The molecule has 6 heteroatoms. The normalized spacial score (nSPS) is 20.9. The molecule has 0 bridgehead atoms. The molecule has 1 unspecified atom stereocenters. The Bertz CT molecular complexity index is 582. The van der Waals surface area contributed by atoms with Crippen LogP contribution in [-0.4, -0.2) is 16.5 Å². The predicted octanol–water partition coefficient (Wildman–Crippen LogP) is 3.40. The quantitative estimate of drug-likeness (QED) is 0.833. The maximum atomic E-state index is 12.6. The van der Waals surface area contributed by atoms with Crippen LogP contribution >= 0.6 is 0 Å². The van der Waals surface area contributed by atoms with Crippen LogP contribution in [0.4, 0.5) is 13.2 Å². The molecular weight excluding hydrogens is 255 g/mol. The number of hydrogen-bond acceptors (Lipinski definition) is 2. The van der Waals surface area contributed by atoms with Crippen LogP contribution in [0.3, 0.4) is 0 Å². The van der Waals surface area contributed by atoms with E-state index in [1.807, 2.05) is 0 Å². The number of aromatic amines is 1. The van der Waals surface area contributed by atoms with Gasteiger partial charge in [-0.3, -0.25) is 0 Å². The number of nitrogens with zero attached hydrogens (tertiary/aromatic N) is 1. The van der Waals surface area contributed by atoms with Gasteiger partial charge in [0.15, 0.2) is 0 Å². The molecule has 0 saturated carbocycles. The summed E-state index contributed by atoms with van der Waals surface area (Å²) >= 11 is 0. The number of fused-ring (bicyclic) bond motifs is 1. The molecular formula is C13H14F3N3. The summed E-state index contributed by atoms with van der Waals surface area (Å²) in [5.74, 6) is 0. The highest BCUT2D eigenvalue weighted by molar-refractivity contribution is 5.77. The van der Waals surface area contributed by atoms with E-state index < -0.39 is 11.7 Å². The third-order valence-electron chi connectivity index (χ3n) is 3.50. The summed E-state index contributed by atoms with van der Waals surface area (Å²) in [6, 6.07) is 3.10. The third kappa shape index (κ3) is 2.45. The van der Waals surface area contributed by atoms with Gasteiger partial charge in [0, 0.05) is 23.3 Å². The Morgan fingerprint density at radius 1 is 1.21 bits per heavy atom. The first-order valence-corrected chi connectivity index (χ1v) is 6.33. The summed E-state index contributed by atoms with van der Waals surface area (Å²) in [6.45, 7) is 0.946. The molecule has 0 spiro atoms. The standard InChI is InChI=1S/C13H14F3N3/c14-13(15,16)9-5-8-6-11(19-12(8)18-7-9)10-3-1-2-4-17-10/h5-7,10,17H,1-4H2,(H,18,19). The molecule has 0 radical (unpaired) electrons. The second kappa shape index (κ2) is 4.52. The van der Waals surface area contributed by atoms with Gasteiger partial charge in [-0.2, -0.15) is 13.2 Å². The highest BCUT2D eigenvalue weighted by Gasteiger charge is 2.31. The van der Waals surface area contributed by atoms with Gasteiger partial charge in [0.2, 0.25) is 0 Å². The first-order chi connectivity index (χ1) is 9.04. The van der Waals surface area contributed by atoms with Crippen molar-refractivity contribution in [1.82, 2.24) is 15.3 Å². The van der Waals surface area contributed by atoms with Crippen molar-refractivity contribution in [1.29, 1.82) is 0 Å². The average molecular weight is 269 g/mol. The SMILES string of the molecule is FC(F)(F)c1cnc2[nH]c(C3CCCCN3)cc2c1. The largest absolute Gasteiger partial charge is 0.417 e. The van der Waals surface area contributed by atoms with Crippen molar-refractivity contribution in [2.75, 3.05) is 6.54 Å². The molecule has 0 aliphatic carbocycles. The van der Waals surface area contributed by atoms with Crippen LogP contribution in [0.25, 0.3) is 11.0 Å². The summed E-state index contributed by atoms with van der Waals surface area (Å²) in [6.07, 6.45) is -0.195. The number of alkyl halides is 3. The number of pyridine rings is 1. The van der Waals surface area contributed by atoms with Gasteiger partial charge in [-0.15, -0.1) is 0 Å². The van der Waals surface area contributed by atoms with E-state index in [2.05, 4.69) is 15.3 Å². The molecule has 1 aliphatic rings. The number of rotatable bonds is 1. The topological polar surface area (TPSA) is 40.7 Å². The van der Waals surface area contributed by atoms with E-state index >= 15 is 0 Å². The Labute approximate surface area is 108 Å². The van der Waals surface area contributed by atoms with Gasteiger partial charge in [-0.25, -0.2) is 4.98 Å². The monoisotopic (exact) mass is 269 g/mol. The number of hydrogen-bond donors (Lipinski definition) is 2. The first kappa shape index (κ1) is 12.5. The van der Waals surface area contributed by atoms with Crippen LogP contribution in [0, 0.1) is 0 Å². The molecule has 0 amide bonds. The van der Waals surface area contributed by atoms with E-state index in [1.165, 1.54) is 0 Å². The fraction of sp³-hybridized carbons (Fsp3) is 0.462. The van der Waals surface area contributed by atoms with Crippen molar-refractivity contribution in [2.24, 2.45) is 0 Å². The van der Waals surface area contributed by atoms with E-state index in [4.69, 9.17) is 0 Å². The van der Waals surface area contributed by atoms with Crippen LogP contribution in [-0.2, 0) is 6.18 Å². The van der Waals surface area contributed by atoms with Gasteiger partial charge >= 0.3 is 6.18 Å². The second-order valence-electron chi connectivity index (χ2n) is 4.89. The Morgan fingerprint density at radius 3 is 2.74 bits per heavy atom. The van der Waals surface area contributed by atoms with Crippen LogP contribution in [0.1, 0.15) is 36.6 Å². The van der Waals surface area contributed by atoms with Crippen LogP contribution in [0.15, 0.2) is 18.3 Å². The summed E-state index contributed by atoms with van der Waals surface area (Å²) in [5.41, 5.74) is 0.721. The summed E-state index contributed by atoms with van der Waals surface area (Å²) in [7, 11) is 0. The van der Waals surface area contributed by atoms with Crippen LogP contribution in [0.5, 0.6) is 0 Å². The number of H-pyrrole nitrogens is 1. The van der Waals surface area contributed by atoms with E-state index in [0.717, 1.165) is 43.8 Å². The van der Waals surface area contributed by atoms with Crippen molar-refractivity contribution in [3.63, 3.8) is 0 Å². The number of aromatic nitrogens is 2. The average Bonchev–Trinajstić information content (AvgIpc) is 2.81. The molecule has 2 N–H and O–H groups in total. The van der Waals surface area contributed by atoms with E-state index in [1.54, 1.807) is 6.07 Å². The minimum absolute atomic E-state index is 0.192. The van der Waals surface area contributed by atoms with Crippen LogP contribution < -0.4 is 5.32 Å². The fourth-order valence-electron chi connectivity index (χ4n) is 2.50. The van der Waals surface area contributed by atoms with Crippen molar-refractivity contribution in [3.05, 3.63) is 29.6 Å². The lowest BCUT2D eigenvalue weighted by Gasteiger charge is -2.22. The lowest BCUT2D eigenvalue weighted by atomic mass is 10.0. The molecule has 102 valence electrons. The lowest BCUT2D eigenvalue weighted by molar-refractivity contribution is -0.137. The zero-order valence-electron chi connectivity index (χ0n) is 10.2. The molecule has 1 atom stereocenters. The van der Waals surface area contributed by atoms with E-state index in [-0.39, 0.29) is 6.04 Å². The maximum absolute atomic E-state index is 12.6. The van der Waals surface area contributed by atoms with E-state index in [0.29, 0.717) is 11.0 Å². The Balaban J connectivity index is 1.96. The van der Waals surface area contributed by atoms with Crippen molar-refractivity contribution in [3.8, 4) is 0 Å². The lowest BCUT2D eigenvalue weighted by Crippen LogP contribution is -2.26. The number of halogens is 3. The molecule has 19 heavy (non-hydrogen) atoms. The zero-order chi connectivity index (χ0) is 13.5. The van der Waals surface area contributed by atoms with Gasteiger partial charge in [0.25, 0.3) is 0 Å². The number of nitrogens with one attached hydrogen (secondary N) is 2. The minimum Gasteiger partial charge on any atom is -0.342 e. The second-order valence-corrected chi connectivity index (χ2v) is 4.89. The highest BCUT2D eigenvalue weighted by Crippen LogP contribution is 2.31. The summed E-state index contributed by atoms with van der Waals surface area (Å²) in [4.78, 5) is 6.96. The smallest absolute Gasteiger partial charge is 0.342 e. The molecule has 2 aromatic heterocycles. The maximum Gasteiger partial charge on any atom is 0.417 e. The first-order valence-electron chi connectivity index (χ1n) is 6.33. The minimum atomic E-state index is -4.35. The molecule has 3 heterocycles. The molecule has 1 fully saturated rings. The van der Waals surface area contributed by atoms with Crippen LogP contribution in [0.2, 0.25) is 0 Å². The summed E-state index contributed by atoms with van der Waals surface area (Å²) < 4.78 is 37.8. The molecule has 3 nitrogen and oxygen atoms in total. The van der Waals surface area contributed by atoms with Crippen molar-refractivity contribution in [2.45, 2.75) is 31.5 Å². The molecule has 1 aliphatic heterocycles. The Kier molecular flexibility index (Phi) is 2.97. The predicted molar refractivity (Wildman–Crippen MR) is 65.7 cm³/mol. The summed E-state index contributed by atoms with van der Waals surface area (Å²) in [5, 5.41) is 3.87. The highest BCUT2D eigenvalue weighted by atomic mass is 19.4. The van der Waals surface area contributed by atoms with Crippen molar-refractivity contribution < 1.29 is 13.2 Å². The number of piperidine rings is 1.